The molecule has 0 aromatic heterocycles. The summed E-state index contributed by atoms with van der Waals surface area (Å²) in [4.78, 5) is 29.8. The molecule has 0 aliphatic rings. The lowest BCUT2D eigenvalue weighted by molar-refractivity contribution is -0.138. The van der Waals surface area contributed by atoms with Gasteiger partial charge in [-0.15, -0.1) is 0 Å². The number of rotatable bonds is 8. The summed E-state index contributed by atoms with van der Waals surface area (Å²) in [5.41, 5.74) is -0.0741. The molecule has 2 unspecified atom stereocenters. The van der Waals surface area contributed by atoms with Gasteiger partial charge in [0.2, 0.25) is 0 Å². The monoisotopic (exact) mass is 308 g/mol. The largest absolute Gasteiger partial charge is 0.481 e. The maximum Gasteiger partial charge on any atom is 0.331 e. The van der Waals surface area contributed by atoms with Crippen LogP contribution in [-0.4, -0.2) is 67.4 Å². The third-order valence-corrected chi connectivity index (χ3v) is 2.12. The molecule has 9 heteroatoms. The highest BCUT2D eigenvalue weighted by atomic mass is 16.4. The van der Waals surface area contributed by atoms with Crippen LogP contribution >= 0.6 is 0 Å². The highest BCUT2D eigenvalue weighted by Gasteiger charge is 2.13. The summed E-state index contributed by atoms with van der Waals surface area (Å²) < 4.78 is 0. The van der Waals surface area contributed by atoms with Gasteiger partial charge in [-0.3, -0.25) is 9.59 Å². The number of hydrogen-bond acceptors (Lipinski definition) is 6. The van der Waals surface area contributed by atoms with Gasteiger partial charge in [-0.1, -0.05) is 0 Å². The fourth-order valence-electron chi connectivity index (χ4n) is 0.937. The number of aliphatic carboxylic acids is 3. The van der Waals surface area contributed by atoms with Gasteiger partial charge >= 0.3 is 17.9 Å². The molecule has 0 saturated carbocycles. The van der Waals surface area contributed by atoms with Gasteiger partial charge in [0, 0.05) is 18.4 Å². The van der Waals surface area contributed by atoms with Crippen molar-refractivity contribution in [3.8, 4) is 0 Å². The Morgan fingerprint density at radius 3 is 1.71 bits per heavy atom. The predicted molar refractivity (Wildman–Crippen MR) is 69.6 cm³/mol. The summed E-state index contributed by atoms with van der Waals surface area (Å²) in [6.45, 7) is 0.681. The van der Waals surface area contributed by atoms with Gasteiger partial charge in [0.25, 0.3) is 0 Å². The normalized spacial score (nSPS) is 13.6. The van der Waals surface area contributed by atoms with Crippen LogP contribution in [0.3, 0.4) is 0 Å². The van der Waals surface area contributed by atoms with E-state index in [1.54, 1.807) is 0 Å². The quantitative estimate of drug-likeness (QED) is 0.309. The number of carboxylic acids is 3. The number of hydrogen-bond donors (Lipinski definition) is 6. The molecule has 0 bridgehead atoms. The van der Waals surface area contributed by atoms with Crippen molar-refractivity contribution in [2.75, 3.05) is 6.61 Å². The van der Waals surface area contributed by atoms with E-state index < -0.39 is 36.7 Å². The molecular formula is C12H20O9. The molecule has 0 heterocycles. The van der Waals surface area contributed by atoms with Crippen molar-refractivity contribution in [3.63, 3.8) is 0 Å². The Labute approximate surface area is 120 Å². The van der Waals surface area contributed by atoms with Crippen molar-refractivity contribution >= 4 is 17.9 Å². The zero-order valence-corrected chi connectivity index (χ0v) is 11.5. The lowest BCUT2D eigenvalue weighted by Gasteiger charge is -2.11. The summed E-state index contributed by atoms with van der Waals surface area (Å²) in [7, 11) is 0. The van der Waals surface area contributed by atoms with Gasteiger partial charge in [0.1, 0.15) is 12.2 Å². The molecular weight excluding hydrogens is 288 g/mol. The third-order valence-electron chi connectivity index (χ3n) is 2.12. The van der Waals surface area contributed by atoms with Gasteiger partial charge in [-0.05, 0) is 19.4 Å². The van der Waals surface area contributed by atoms with Crippen LogP contribution in [0, 0.1) is 0 Å². The van der Waals surface area contributed by atoms with Crippen LogP contribution in [0.2, 0.25) is 0 Å². The van der Waals surface area contributed by atoms with Crippen molar-refractivity contribution in [3.05, 3.63) is 11.6 Å². The minimum absolute atomic E-state index is 0.0632. The van der Waals surface area contributed by atoms with E-state index in [9.17, 15) is 14.4 Å². The Balaban J connectivity index is 0. The number of aliphatic hydroxyl groups is 3. The zero-order chi connectivity index (χ0) is 17.0. The first-order chi connectivity index (χ1) is 9.61. The second-order valence-electron chi connectivity index (χ2n) is 4.04. The summed E-state index contributed by atoms with van der Waals surface area (Å²) in [5, 5.41) is 50.6. The maximum atomic E-state index is 10.2. The van der Waals surface area contributed by atoms with Gasteiger partial charge in [-0.2, -0.15) is 0 Å². The van der Waals surface area contributed by atoms with E-state index in [1.165, 1.54) is 6.92 Å². The van der Waals surface area contributed by atoms with Crippen LogP contribution in [0.1, 0.15) is 26.2 Å². The van der Waals surface area contributed by atoms with E-state index in [0.717, 1.165) is 6.08 Å². The molecule has 0 aromatic carbocycles. The van der Waals surface area contributed by atoms with Crippen LogP contribution in [-0.2, 0) is 14.4 Å². The minimum Gasteiger partial charge on any atom is -0.481 e. The topological polar surface area (TPSA) is 173 Å². The van der Waals surface area contributed by atoms with Gasteiger partial charge < -0.3 is 30.6 Å². The lowest BCUT2D eigenvalue weighted by Crippen LogP contribution is -2.28. The zero-order valence-electron chi connectivity index (χ0n) is 11.5. The smallest absolute Gasteiger partial charge is 0.331 e. The summed E-state index contributed by atoms with van der Waals surface area (Å²) in [5.74, 6) is -3.06. The van der Waals surface area contributed by atoms with Crippen molar-refractivity contribution in [2.45, 2.75) is 38.4 Å². The van der Waals surface area contributed by atoms with Crippen LogP contribution in [0.25, 0.3) is 0 Å². The summed E-state index contributed by atoms with van der Waals surface area (Å²) >= 11 is 0. The minimum atomic E-state index is -1.34. The highest BCUT2D eigenvalue weighted by Crippen LogP contribution is 2.00. The fourth-order valence-corrected chi connectivity index (χ4v) is 0.937. The Kier molecular flexibility index (Phi) is 12.0. The van der Waals surface area contributed by atoms with Crippen molar-refractivity contribution in [1.82, 2.24) is 0 Å². The molecule has 0 amide bonds. The van der Waals surface area contributed by atoms with Crippen molar-refractivity contribution in [2.24, 2.45) is 0 Å². The molecule has 122 valence electrons. The first kappa shape index (κ1) is 21.3. The molecule has 0 aromatic rings. The van der Waals surface area contributed by atoms with Gasteiger partial charge in [0.15, 0.2) is 0 Å². The fraction of sp³-hybridized carbons (Fsp3) is 0.583. The van der Waals surface area contributed by atoms with E-state index in [2.05, 4.69) is 0 Å². The second kappa shape index (κ2) is 11.8. The molecule has 0 spiro atoms. The predicted octanol–water partition coefficient (Wildman–Crippen LogP) is -0.943. The molecule has 0 aliphatic carbocycles. The first-order valence-electron chi connectivity index (χ1n) is 5.94. The molecule has 0 saturated heterocycles. The maximum absolute atomic E-state index is 10.2. The Bertz CT molecular complexity index is 361. The van der Waals surface area contributed by atoms with Crippen LogP contribution in [0.5, 0.6) is 0 Å². The molecule has 2 atom stereocenters. The Morgan fingerprint density at radius 1 is 1.00 bits per heavy atom. The Hall–Kier alpha value is -1.97. The molecule has 6 N–H and O–H groups in total. The molecule has 0 rings (SSSR count). The molecule has 0 aliphatic heterocycles. The highest BCUT2D eigenvalue weighted by molar-refractivity contribution is 5.85. The van der Waals surface area contributed by atoms with Crippen molar-refractivity contribution in [1.29, 1.82) is 0 Å². The van der Waals surface area contributed by atoms with E-state index in [1.807, 2.05) is 0 Å². The molecule has 9 nitrogen and oxygen atoms in total. The van der Waals surface area contributed by atoms with E-state index in [4.69, 9.17) is 30.6 Å². The van der Waals surface area contributed by atoms with E-state index in [0.29, 0.717) is 0 Å². The molecule has 0 fully saturated rings. The standard InChI is InChI=1S/C7H12O5.C5H8O4/c1-4(7(11)12)2-5(9)6(10)3-8;6-4(7)2-1-3-5(8)9/h2,5-6,8-10H,3H2,1H3,(H,11,12);1-3H2,(H,6,7)(H,8,9). The second-order valence-corrected chi connectivity index (χ2v) is 4.04. The van der Waals surface area contributed by atoms with E-state index in [-0.39, 0.29) is 24.8 Å². The number of aliphatic hydroxyl groups excluding tert-OH is 3. The molecule has 21 heavy (non-hydrogen) atoms. The summed E-state index contributed by atoms with van der Waals surface area (Å²) in [6, 6.07) is 0. The average Bonchev–Trinajstić information content (AvgIpc) is 2.37. The van der Waals surface area contributed by atoms with Crippen molar-refractivity contribution < 1.29 is 45.0 Å². The number of carboxylic acid groups (broad SMARTS) is 3. The molecule has 0 radical (unpaired) electrons. The lowest BCUT2D eigenvalue weighted by atomic mass is 10.1. The first-order valence-corrected chi connectivity index (χ1v) is 5.94. The average molecular weight is 308 g/mol. The van der Waals surface area contributed by atoms with Crippen LogP contribution in [0.4, 0.5) is 0 Å². The van der Waals surface area contributed by atoms with E-state index >= 15 is 0 Å². The third kappa shape index (κ3) is 14.3. The van der Waals surface area contributed by atoms with Gasteiger partial charge in [0.05, 0.1) is 6.61 Å². The van der Waals surface area contributed by atoms with Crippen LogP contribution < -0.4 is 0 Å². The van der Waals surface area contributed by atoms with Gasteiger partial charge in [-0.25, -0.2) is 4.79 Å². The number of carbonyl (C=O) groups is 3. The Morgan fingerprint density at radius 2 is 1.43 bits per heavy atom. The summed E-state index contributed by atoms with van der Waals surface area (Å²) in [6.07, 6.45) is -1.61. The SMILES string of the molecule is CC(=CC(O)C(O)CO)C(=O)O.O=C(O)CCCC(=O)O. The van der Waals surface area contributed by atoms with Crippen LogP contribution in [0.15, 0.2) is 11.6 Å².